The van der Waals surface area contributed by atoms with E-state index in [-0.39, 0.29) is 13.6 Å². The van der Waals surface area contributed by atoms with Crippen molar-refractivity contribution in [3.05, 3.63) is 45.3 Å². The molecule has 0 bridgehead atoms. The summed E-state index contributed by atoms with van der Waals surface area (Å²) in [5.41, 5.74) is 1.56. The highest BCUT2D eigenvalue weighted by atomic mass is 35.5. The first-order chi connectivity index (χ1) is 8.38. The first kappa shape index (κ1) is 13.7. The largest absolute Gasteiger partial charge is 0.279 e. The Morgan fingerprint density at radius 2 is 1.78 bits per heavy atom. The highest BCUT2D eigenvalue weighted by Gasteiger charge is 2.19. The summed E-state index contributed by atoms with van der Waals surface area (Å²) in [6.07, 6.45) is 0. The molecule has 0 spiro atoms. The average Bonchev–Trinajstić information content (AvgIpc) is 2.63. The zero-order valence-corrected chi connectivity index (χ0v) is 12.4. The number of hydrogen-bond acceptors (Lipinski definition) is 3. The molecule has 3 nitrogen and oxygen atoms in total. The van der Waals surface area contributed by atoms with Crippen molar-refractivity contribution in [1.29, 1.82) is 0 Å². The maximum atomic E-state index is 12.0. The summed E-state index contributed by atoms with van der Waals surface area (Å²) >= 11 is 12.4. The number of thiophene rings is 1. The second-order valence-corrected chi connectivity index (χ2v) is 7.63. The molecule has 0 aliphatic carbocycles. The predicted octanol–water partition coefficient (Wildman–Crippen LogP) is 4.16. The van der Waals surface area contributed by atoms with E-state index >= 15 is 0 Å². The normalized spacial score (nSPS) is 11.5. The molecule has 0 atom stereocenters. The van der Waals surface area contributed by atoms with Gasteiger partial charge < -0.3 is 0 Å². The Kier molecular flexibility index (Phi) is 3.87. The van der Waals surface area contributed by atoms with Crippen LogP contribution in [0.4, 0.5) is 5.69 Å². The van der Waals surface area contributed by atoms with Gasteiger partial charge in [0.15, 0.2) is 0 Å². The average molecular weight is 322 g/mol. The summed E-state index contributed by atoms with van der Waals surface area (Å²) in [5.74, 6) is 0. The van der Waals surface area contributed by atoms with Crippen LogP contribution >= 0.6 is 34.5 Å². The summed E-state index contributed by atoms with van der Waals surface area (Å²) in [5, 5.41) is 0.242. The van der Waals surface area contributed by atoms with Gasteiger partial charge in [0, 0.05) is 5.69 Å². The van der Waals surface area contributed by atoms with Gasteiger partial charge in [-0.15, -0.1) is 11.3 Å². The maximum absolute atomic E-state index is 12.0. The third kappa shape index (κ3) is 2.98. The molecule has 7 heteroatoms. The van der Waals surface area contributed by atoms with Gasteiger partial charge in [-0.2, -0.15) is 0 Å². The Bertz CT molecular complexity index is 643. The van der Waals surface area contributed by atoms with Crippen LogP contribution in [0.15, 0.2) is 34.5 Å². The van der Waals surface area contributed by atoms with Crippen molar-refractivity contribution in [1.82, 2.24) is 0 Å². The molecule has 0 radical (unpaired) electrons. The molecule has 96 valence electrons. The van der Waals surface area contributed by atoms with Crippen LogP contribution in [0.1, 0.15) is 5.56 Å². The fourth-order valence-corrected chi connectivity index (χ4v) is 4.23. The van der Waals surface area contributed by atoms with Crippen LogP contribution in [0.25, 0.3) is 0 Å². The summed E-state index contributed by atoms with van der Waals surface area (Å²) in [7, 11) is -3.63. The van der Waals surface area contributed by atoms with Crippen LogP contribution in [0, 0.1) is 6.92 Å². The van der Waals surface area contributed by atoms with E-state index in [9.17, 15) is 8.42 Å². The molecule has 0 aliphatic heterocycles. The van der Waals surface area contributed by atoms with Gasteiger partial charge in [-0.05, 0) is 25.1 Å². The highest BCUT2D eigenvalue weighted by Crippen LogP contribution is 2.34. The van der Waals surface area contributed by atoms with E-state index in [0.717, 1.165) is 16.9 Å². The molecule has 1 N–H and O–H groups in total. The minimum atomic E-state index is -3.63. The molecule has 18 heavy (non-hydrogen) atoms. The first-order valence-corrected chi connectivity index (χ1v) is 7.98. The van der Waals surface area contributed by atoms with Crippen LogP contribution in [-0.4, -0.2) is 8.42 Å². The lowest BCUT2D eigenvalue weighted by Gasteiger charge is -2.05. The third-order valence-corrected chi connectivity index (χ3v) is 5.91. The minimum absolute atomic E-state index is 0.0954. The quantitative estimate of drug-likeness (QED) is 0.922. The van der Waals surface area contributed by atoms with E-state index in [1.165, 1.54) is 6.07 Å². The van der Waals surface area contributed by atoms with Crippen molar-refractivity contribution in [2.75, 3.05) is 4.72 Å². The van der Waals surface area contributed by atoms with Crippen LogP contribution in [0.5, 0.6) is 0 Å². The number of anilines is 1. The summed E-state index contributed by atoms with van der Waals surface area (Å²) in [6.45, 7) is 1.93. The molecule has 1 aromatic carbocycles. The lowest BCUT2D eigenvalue weighted by atomic mass is 10.2. The van der Waals surface area contributed by atoms with Crippen molar-refractivity contribution in [3.8, 4) is 0 Å². The van der Waals surface area contributed by atoms with Gasteiger partial charge in [-0.3, -0.25) is 4.72 Å². The van der Waals surface area contributed by atoms with Crippen LogP contribution in [0.3, 0.4) is 0 Å². The van der Waals surface area contributed by atoms with Gasteiger partial charge in [-0.1, -0.05) is 40.9 Å². The van der Waals surface area contributed by atoms with Gasteiger partial charge in [0.05, 0.1) is 5.02 Å². The van der Waals surface area contributed by atoms with Crippen LogP contribution < -0.4 is 4.72 Å². The van der Waals surface area contributed by atoms with Crippen molar-refractivity contribution in [2.24, 2.45) is 0 Å². The Morgan fingerprint density at radius 1 is 1.17 bits per heavy atom. The van der Waals surface area contributed by atoms with E-state index in [4.69, 9.17) is 23.2 Å². The molecule has 2 rings (SSSR count). The van der Waals surface area contributed by atoms with Crippen molar-refractivity contribution in [3.63, 3.8) is 0 Å². The fraction of sp³-hybridized carbons (Fsp3) is 0.0909. The molecule has 0 saturated heterocycles. The number of benzene rings is 1. The fourth-order valence-electron chi connectivity index (χ4n) is 1.29. The van der Waals surface area contributed by atoms with Crippen LogP contribution in [0.2, 0.25) is 9.36 Å². The summed E-state index contributed by atoms with van der Waals surface area (Å²) in [4.78, 5) is 0. The zero-order chi connectivity index (χ0) is 13.3. The first-order valence-electron chi connectivity index (χ1n) is 4.93. The SMILES string of the molecule is Cc1ccc(NS(=O)(=O)c2cc(Cl)c(Cl)s2)cc1. The Morgan fingerprint density at radius 3 is 2.28 bits per heavy atom. The zero-order valence-electron chi connectivity index (χ0n) is 9.28. The molecular formula is C11H9Cl2NO2S2. The lowest BCUT2D eigenvalue weighted by Crippen LogP contribution is -2.11. The molecule has 0 unspecified atom stereocenters. The highest BCUT2D eigenvalue weighted by molar-refractivity contribution is 7.94. The molecule has 1 aromatic heterocycles. The number of hydrogen-bond donors (Lipinski definition) is 1. The molecule has 1 heterocycles. The monoisotopic (exact) mass is 321 g/mol. The van der Waals surface area contributed by atoms with Crippen LogP contribution in [-0.2, 0) is 10.0 Å². The maximum Gasteiger partial charge on any atom is 0.271 e. The van der Waals surface area contributed by atoms with Crippen molar-refractivity contribution in [2.45, 2.75) is 11.1 Å². The van der Waals surface area contributed by atoms with E-state index < -0.39 is 10.0 Å². The smallest absolute Gasteiger partial charge is 0.271 e. The summed E-state index contributed by atoms with van der Waals surface area (Å²) < 4.78 is 26.9. The second kappa shape index (κ2) is 5.09. The van der Waals surface area contributed by atoms with Crippen molar-refractivity contribution >= 4 is 50.2 Å². The van der Waals surface area contributed by atoms with Crippen molar-refractivity contribution < 1.29 is 8.42 Å². The standard InChI is InChI=1S/C11H9Cl2NO2S2/c1-7-2-4-8(5-3-7)14-18(15,16)10-6-9(12)11(13)17-10/h2-6,14H,1H3. The number of halogens is 2. The predicted molar refractivity (Wildman–Crippen MR) is 76.3 cm³/mol. The van der Waals surface area contributed by atoms with E-state index in [0.29, 0.717) is 5.69 Å². The van der Waals surface area contributed by atoms with Gasteiger partial charge in [0.25, 0.3) is 10.0 Å². The third-order valence-electron chi connectivity index (χ3n) is 2.19. The minimum Gasteiger partial charge on any atom is -0.279 e. The summed E-state index contributed by atoms with van der Waals surface area (Å²) in [6, 6.07) is 8.39. The van der Waals surface area contributed by atoms with Gasteiger partial charge >= 0.3 is 0 Å². The van der Waals surface area contributed by atoms with E-state index in [2.05, 4.69) is 4.72 Å². The topological polar surface area (TPSA) is 46.2 Å². The Labute approximate surface area is 119 Å². The second-order valence-electron chi connectivity index (χ2n) is 3.66. The molecule has 2 aromatic rings. The number of rotatable bonds is 3. The number of nitrogens with one attached hydrogen (secondary N) is 1. The molecule has 0 aliphatic rings. The Hall–Kier alpha value is -0.750. The molecular weight excluding hydrogens is 313 g/mol. The number of aryl methyl sites for hydroxylation is 1. The van der Waals surface area contributed by atoms with Gasteiger partial charge in [-0.25, -0.2) is 8.42 Å². The van der Waals surface area contributed by atoms with E-state index in [1.807, 2.05) is 19.1 Å². The van der Waals surface area contributed by atoms with E-state index in [1.54, 1.807) is 12.1 Å². The number of sulfonamides is 1. The van der Waals surface area contributed by atoms with Gasteiger partial charge in [0.2, 0.25) is 0 Å². The Balaban J connectivity index is 2.29. The van der Waals surface area contributed by atoms with Gasteiger partial charge in [0.1, 0.15) is 8.55 Å². The lowest BCUT2D eigenvalue weighted by molar-refractivity contribution is 0.603. The molecule has 0 fully saturated rings. The molecule has 0 saturated carbocycles. The molecule has 0 amide bonds.